The van der Waals surface area contributed by atoms with Gasteiger partial charge in [0.1, 0.15) is 0 Å². The topological polar surface area (TPSA) is 76.7 Å². The minimum Gasteiger partial charge on any atom is -0.381 e. The van der Waals surface area contributed by atoms with E-state index in [-0.39, 0.29) is 0 Å². The number of halogens is 3. The Bertz CT molecular complexity index is 693. The van der Waals surface area contributed by atoms with Crippen LogP contribution in [0, 0.1) is 0 Å². The number of hydrogen-bond donors (Lipinski definition) is 2. The quantitative estimate of drug-likeness (QED) is 0.283. The van der Waals surface area contributed by atoms with Gasteiger partial charge in [0, 0.05) is 5.39 Å². The monoisotopic (exact) mass is 345 g/mol. The summed E-state index contributed by atoms with van der Waals surface area (Å²) in [7, 11) is 0. The molecule has 2 aromatic rings. The zero-order valence-corrected chi connectivity index (χ0v) is 12.8. The van der Waals surface area contributed by atoms with Crippen LogP contribution < -0.4 is 11.1 Å². The fourth-order valence-electron chi connectivity index (χ4n) is 1.61. The van der Waals surface area contributed by atoms with E-state index in [1.807, 2.05) is 30.3 Å². The maximum absolute atomic E-state index is 11.7. The molecule has 3 N–H and O–H groups in total. The lowest BCUT2D eigenvalue weighted by atomic mass is 10.1. The van der Waals surface area contributed by atoms with Crippen molar-refractivity contribution in [1.82, 2.24) is 0 Å². The summed E-state index contributed by atoms with van der Waals surface area (Å²) < 4.78 is -1.93. The van der Waals surface area contributed by atoms with Crippen LogP contribution in [0.25, 0.3) is 10.8 Å². The molecule has 0 aliphatic heterocycles. The zero-order valence-electron chi connectivity index (χ0n) is 10.5. The van der Waals surface area contributed by atoms with Crippen molar-refractivity contribution in [1.29, 1.82) is 0 Å². The van der Waals surface area contributed by atoms with Crippen LogP contribution in [0.2, 0.25) is 0 Å². The SMILES string of the molecule is N/C(=N\OC(=O)Nc1cccc2ccccc12)C(Cl)(Cl)Cl. The smallest absolute Gasteiger partial charge is 0.381 e. The molecule has 1 amide bonds. The van der Waals surface area contributed by atoms with E-state index in [1.54, 1.807) is 12.1 Å². The fourth-order valence-corrected chi connectivity index (χ4v) is 1.71. The summed E-state index contributed by atoms with van der Waals surface area (Å²) in [5, 5.41) is 7.63. The number of oxime groups is 1. The zero-order chi connectivity index (χ0) is 15.5. The summed E-state index contributed by atoms with van der Waals surface area (Å²) in [6.07, 6.45) is -0.844. The molecule has 0 saturated carbocycles. The number of nitrogens with two attached hydrogens (primary N) is 1. The van der Waals surface area contributed by atoms with Crippen molar-refractivity contribution in [3.05, 3.63) is 42.5 Å². The Morgan fingerprint density at radius 2 is 1.81 bits per heavy atom. The van der Waals surface area contributed by atoms with Crippen LogP contribution in [-0.2, 0) is 4.84 Å². The lowest BCUT2D eigenvalue weighted by Crippen LogP contribution is -2.29. The summed E-state index contributed by atoms with van der Waals surface area (Å²) >= 11 is 16.4. The van der Waals surface area contributed by atoms with Crippen molar-refractivity contribution in [3.8, 4) is 0 Å². The second-order valence-electron chi connectivity index (χ2n) is 4.00. The molecule has 0 bridgehead atoms. The van der Waals surface area contributed by atoms with E-state index in [1.165, 1.54) is 0 Å². The van der Waals surface area contributed by atoms with Gasteiger partial charge in [0.05, 0.1) is 5.69 Å². The first-order chi connectivity index (χ1) is 9.88. The molecular weight excluding hydrogens is 337 g/mol. The van der Waals surface area contributed by atoms with Crippen molar-refractivity contribution in [2.24, 2.45) is 10.9 Å². The Labute approximate surface area is 135 Å². The largest absolute Gasteiger partial charge is 0.437 e. The van der Waals surface area contributed by atoms with Gasteiger partial charge in [-0.1, -0.05) is 76.4 Å². The molecule has 21 heavy (non-hydrogen) atoms. The number of nitrogens with zero attached hydrogens (tertiary/aromatic N) is 1. The van der Waals surface area contributed by atoms with Crippen molar-refractivity contribution in [3.63, 3.8) is 0 Å². The maximum Gasteiger partial charge on any atom is 0.437 e. The van der Waals surface area contributed by atoms with E-state index in [4.69, 9.17) is 40.5 Å². The maximum atomic E-state index is 11.7. The molecule has 0 saturated heterocycles. The number of nitrogens with one attached hydrogen (secondary N) is 1. The molecule has 0 atom stereocenters. The van der Waals surface area contributed by atoms with Crippen LogP contribution in [0.5, 0.6) is 0 Å². The predicted molar refractivity (Wildman–Crippen MR) is 86.0 cm³/mol. The third-order valence-electron chi connectivity index (χ3n) is 2.54. The van der Waals surface area contributed by atoms with Crippen LogP contribution in [0.1, 0.15) is 0 Å². The van der Waals surface area contributed by atoms with Crippen molar-refractivity contribution < 1.29 is 9.63 Å². The van der Waals surface area contributed by atoms with Gasteiger partial charge >= 0.3 is 6.09 Å². The molecular formula is C13H10Cl3N3O2. The summed E-state index contributed by atoms with van der Waals surface area (Å²) in [6.45, 7) is 0. The van der Waals surface area contributed by atoms with E-state index >= 15 is 0 Å². The molecule has 0 fully saturated rings. The summed E-state index contributed by atoms with van der Waals surface area (Å²) in [5.41, 5.74) is 5.90. The number of carbonyl (C=O) groups is 1. The third-order valence-corrected chi connectivity index (χ3v) is 3.12. The number of rotatable bonds is 2. The molecule has 0 radical (unpaired) electrons. The molecule has 0 unspecified atom stereocenters. The number of alkyl halides is 3. The number of amidine groups is 1. The highest BCUT2D eigenvalue weighted by molar-refractivity contribution is 6.76. The van der Waals surface area contributed by atoms with Gasteiger partial charge in [0.25, 0.3) is 3.79 Å². The number of benzene rings is 2. The lowest BCUT2D eigenvalue weighted by Gasteiger charge is -2.09. The minimum atomic E-state index is -1.93. The molecule has 0 aromatic heterocycles. The Balaban J connectivity index is 2.12. The van der Waals surface area contributed by atoms with Crippen molar-refractivity contribution in [2.75, 3.05) is 5.32 Å². The molecule has 0 heterocycles. The normalized spacial score (nSPS) is 12.2. The Morgan fingerprint density at radius 3 is 2.52 bits per heavy atom. The molecule has 5 nitrogen and oxygen atoms in total. The second kappa shape index (κ2) is 6.39. The van der Waals surface area contributed by atoms with Gasteiger partial charge in [-0.05, 0) is 11.5 Å². The minimum absolute atomic E-state index is 0.444. The molecule has 0 aliphatic carbocycles. The predicted octanol–water partition coefficient (Wildman–Crippen LogP) is 4.03. The van der Waals surface area contributed by atoms with Gasteiger partial charge in [-0.2, -0.15) is 0 Å². The highest BCUT2D eigenvalue weighted by atomic mass is 35.6. The lowest BCUT2D eigenvalue weighted by molar-refractivity contribution is 0.166. The highest BCUT2D eigenvalue weighted by Gasteiger charge is 2.26. The van der Waals surface area contributed by atoms with Crippen molar-refractivity contribution >= 4 is 63.2 Å². The fraction of sp³-hybridized carbons (Fsp3) is 0.0769. The van der Waals surface area contributed by atoms with Gasteiger partial charge in [-0.25, -0.2) is 4.79 Å². The first-order valence-corrected chi connectivity index (χ1v) is 6.88. The number of hydrogen-bond acceptors (Lipinski definition) is 3. The standard InChI is InChI=1S/C13H10Cl3N3O2/c14-13(15,16)11(17)19-21-12(20)18-10-7-3-5-8-4-1-2-6-9(8)10/h1-7H,(H2,17,19)(H,18,20). The Kier molecular flexibility index (Phi) is 4.77. The number of carbonyl (C=O) groups excluding carboxylic acids is 1. The van der Waals surface area contributed by atoms with Crippen molar-refractivity contribution in [2.45, 2.75) is 3.79 Å². The van der Waals surface area contributed by atoms with E-state index in [0.29, 0.717) is 5.69 Å². The van der Waals surface area contributed by atoms with Gasteiger partial charge in [-0.15, -0.1) is 0 Å². The van der Waals surface area contributed by atoms with E-state index in [0.717, 1.165) is 10.8 Å². The van der Waals surface area contributed by atoms with Gasteiger partial charge in [0.2, 0.25) is 0 Å². The summed E-state index contributed by atoms with van der Waals surface area (Å²) in [5.74, 6) is -0.444. The molecule has 2 aromatic carbocycles. The molecule has 110 valence electrons. The van der Waals surface area contributed by atoms with Gasteiger partial charge in [-0.3, -0.25) is 10.2 Å². The van der Waals surface area contributed by atoms with E-state index < -0.39 is 15.7 Å². The number of anilines is 1. The van der Waals surface area contributed by atoms with Crippen LogP contribution in [0.15, 0.2) is 47.6 Å². The summed E-state index contributed by atoms with van der Waals surface area (Å²) in [6, 6.07) is 13.0. The van der Waals surface area contributed by atoms with E-state index in [9.17, 15) is 4.79 Å². The average molecular weight is 347 g/mol. The Morgan fingerprint density at radius 1 is 1.14 bits per heavy atom. The average Bonchev–Trinajstić information content (AvgIpc) is 2.44. The molecule has 0 spiro atoms. The third kappa shape index (κ3) is 4.14. The Hall–Kier alpha value is -1.69. The van der Waals surface area contributed by atoms with Crippen LogP contribution in [0.4, 0.5) is 10.5 Å². The summed E-state index contributed by atoms with van der Waals surface area (Å²) in [4.78, 5) is 16.2. The second-order valence-corrected chi connectivity index (χ2v) is 6.29. The van der Waals surface area contributed by atoms with Gasteiger partial charge < -0.3 is 5.73 Å². The van der Waals surface area contributed by atoms with E-state index in [2.05, 4.69) is 15.3 Å². The van der Waals surface area contributed by atoms with Crippen LogP contribution in [0.3, 0.4) is 0 Å². The molecule has 8 heteroatoms. The number of fused-ring (bicyclic) bond motifs is 1. The number of amides is 1. The van der Waals surface area contributed by atoms with Crippen LogP contribution in [-0.4, -0.2) is 15.7 Å². The highest BCUT2D eigenvalue weighted by Crippen LogP contribution is 2.26. The first kappa shape index (κ1) is 15.7. The molecule has 0 aliphatic rings. The first-order valence-electron chi connectivity index (χ1n) is 5.74. The van der Waals surface area contributed by atoms with Crippen LogP contribution >= 0.6 is 34.8 Å². The van der Waals surface area contributed by atoms with Gasteiger partial charge in [0.15, 0.2) is 5.84 Å². The molecule has 2 rings (SSSR count).